The summed E-state index contributed by atoms with van der Waals surface area (Å²) in [5, 5.41) is 12.8. The number of hydrogen-bond acceptors (Lipinski definition) is 4. The molecule has 3 aromatic carbocycles. The molecule has 0 atom stereocenters. The van der Waals surface area contributed by atoms with Crippen molar-refractivity contribution >= 4 is 38.8 Å². The fourth-order valence-electron chi connectivity index (χ4n) is 3.34. The highest BCUT2D eigenvalue weighted by molar-refractivity contribution is 5.99. The molecular formula is C21H17N5. The summed E-state index contributed by atoms with van der Waals surface area (Å²) in [6.45, 7) is 3.83. The molecule has 2 aromatic heterocycles. The Morgan fingerprint density at radius 2 is 1.50 bits per heavy atom. The Kier molecular flexibility index (Phi) is 3.15. The monoisotopic (exact) mass is 339 g/mol. The van der Waals surface area contributed by atoms with Gasteiger partial charge in [-0.15, -0.1) is 5.10 Å². The first-order valence-corrected chi connectivity index (χ1v) is 8.56. The molecule has 2 heterocycles. The summed E-state index contributed by atoms with van der Waals surface area (Å²) in [5.41, 5.74) is 1.91. The molecule has 0 aliphatic carbocycles. The van der Waals surface area contributed by atoms with E-state index in [2.05, 4.69) is 75.0 Å². The summed E-state index contributed by atoms with van der Waals surface area (Å²) in [4.78, 5) is 8.79. The highest BCUT2D eigenvalue weighted by atomic mass is 15.4. The van der Waals surface area contributed by atoms with Crippen molar-refractivity contribution in [3.8, 4) is 0 Å². The van der Waals surface area contributed by atoms with Gasteiger partial charge in [0.05, 0.1) is 0 Å². The van der Waals surface area contributed by atoms with Crippen LogP contribution >= 0.6 is 0 Å². The van der Waals surface area contributed by atoms with E-state index in [1.165, 1.54) is 21.5 Å². The molecule has 1 N–H and O–H groups in total. The lowest BCUT2D eigenvalue weighted by Gasteiger charge is -2.10. The first-order chi connectivity index (χ1) is 12.7. The van der Waals surface area contributed by atoms with E-state index in [0.717, 1.165) is 17.2 Å². The second kappa shape index (κ2) is 5.52. The molecule has 5 heteroatoms. The molecule has 0 aliphatic rings. The van der Waals surface area contributed by atoms with Crippen LogP contribution in [-0.2, 0) is 0 Å². The number of aryl methyl sites for hydroxylation is 2. The Bertz CT molecular complexity index is 1290. The van der Waals surface area contributed by atoms with E-state index in [9.17, 15) is 0 Å². The van der Waals surface area contributed by atoms with Gasteiger partial charge in [0.1, 0.15) is 11.6 Å². The highest BCUT2D eigenvalue weighted by Gasteiger charge is 2.08. The van der Waals surface area contributed by atoms with Gasteiger partial charge in [-0.3, -0.25) is 0 Å². The van der Waals surface area contributed by atoms with Crippen LogP contribution in [0.5, 0.6) is 0 Å². The second-order valence-electron chi connectivity index (χ2n) is 6.54. The quantitative estimate of drug-likeness (QED) is 0.470. The zero-order valence-corrected chi connectivity index (χ0v) is 14.6. The maximum Gasteiger partial charge on any atom is 0.254 e. The van der Waals surface area contributed by atoms with Crippen LogP contribution in [-0.4, -0.2) is 19.6 Å². The van der Waals surface area contributed by atoms with Crippen molar-refractivity contribution < 1.29 is 0 Å². The van der Waals surface area contributed by atoms with Crippen molar-refractivity contribution in [2.24, 2.45) is 0 Å². The number of aromatic nitrogens is 4. The predicted octanol–water partition coefficient (Wildman–Crippen LogP) is 4.79. The molecule has 0 amide bonds. The Labute approximate surface area is 150 Å². The molecule has 0 fully saturated rings. The van der Waals surface area contributed by atoms with E-state index in [4.69, 9.17) is 0 Å². The lowest BCUT2D eigenvalue weighted by Crippen LogP contribution is -2.02. The summed E-state index contributed by atoms with van der Waals surface area (Å²) in [6.07, 6.45) is 0. The van der Waals surface area contributed by atoms with Crippen molar-refractivity contribution in [1.29, 1.82) is 0 Å². The molecule has 26 heavy (non-hydrogen) atoms. The van der Waals surface area contributed by atoms with Gasteiger partial charge in [0.2, 0.25) is 0 Å². The second-order valence-corrected chi connectivity index (χ2v) is 6.54. The molecule has 126 valence electrons. The minimum atomic E-state index is 0.608. The van der Waals surface area contributed by atoms with Gasteiger partial charge in [-0.1, -0.05) is 30.3 Å². The minimum absolute atomic E-state index is 0.608. The van der Waals surface area contributed by atoms with Gasteiger partial charge in [0, 0.05) is 17.4 Å². The number of benzene rings is 3. The average Bonchev–Trinajstić information content (AvgIpc) is 3.00. The fourth-order valence-corrected chi connectivity index (χ4v) is 3.34. The van der Waals surface area contributed by atoms with Crippen molar-refractivity contribution in [2.45, 2.75) is 13.8 Å². The lowest BCUT2D eigenvalue weighted by atomic mass is 10.0. The Balaban J connectivity index is 1.62. The van der Waals surface area contributed by atoms with Gasteiger partial charge in [-0.05, 0) is 59.7 Å². The van der Waals surface area contributed by atoms with E-state index in [0.29, 0.717) is 11.6 Å². The van der Waals surface area contributed by atoms with Crippen LogP contribution in [0.4, 0.5) is 11.5 Å². The van der Waals surface area contributed by atoms with Crippen LogP contribution in [0.15, 0.2) is 60.7 Å². The maximum atomic E-state index is 4.43. The average molecular weight is 339 g/mol. The number of rotatable bonds is 2. The highest BCUT2D eigenvalue weighted by Crippen LogP contribution is 2.27. The molecule has 0 unspecified atom stereocenters. The standard InChI is InChI=1S/C21H17N5/c1-13-9-20(26-21(22-13)23-14(2)25-26)24-19-8-7-17-10-15-5-3-4-6-16(15)11-18(17)12-19/h3-12,24H,1-2H3. The van der Waals surface area contributed by atoms with Gasteiger partial charge >= 0.3 is 0 Å². The minimum Gasteiger partial charge on any atom is -0.340 e. The van der Waals surface area contributed by atoms with Crippen LogP contribution in [0.2, 0.25) is 0 Å². The molecule has 0 bridgehead atoms. The molecular weight excluding hydrogens is 322 g/mol. The molecule has 0 saturated carbocycles. The van der Waals surface area contributed by atoms with E-state index in [1.54, 1.807) is 4.52 Å². The third-order valence-corrected chi connectivity index (χ3v) is 4.52. The molecule has 5 nitrogen and oxygen atoms in total. The normalized spacial score (nSPS) is 11.5. The first kappa shape index (κ1) is 14.8. The van der Waals surface area contributed by atoms with Crippen molar-refractivity contribution in [1.82, 2.24) is 19.6 Å². The van der Waals surface area contributed by atoms with Crippen molar-refractivity contribution in [3.63, 3.8) is 0 Å². The Morgan fingerprint density at radius 3 is 2.31 bits per heavy atom. The largest absolute Gasteiger partial charge is 0.340 e. The summed E-state index contributed by atoms with van der Waals surface area (Å²) in [6, 6.07) is 21.2. The van der Waals surface area contributed by atoms with Crippen LogP contribution < -0.4 is 5.32 Å². The predicted molar refractivity (Wildman–Crippen MR) is 105 cm³/mol. The molecule has 0 spiro atoms. The van der Waals surface area contributed by atoms with E-state index < -0.39 is 0 Å². The number of hydrogen-bond donors (Lipinski definition) is 1. The molecule has 5 rings (SSSR count). The molecule has 0 saturated heterocycles. The third kappa shape index (κ3) is 2.45. The number of nitrogens with one attached hydrogen (secondary N) is 1. The van der Waals surface area contributed by atoms with Gasteiger partial charge in [-0.25, -0.2) is 4.98 Å². The number of fused-ring (bicyclic) bond motifs is 3. The smallest absolute Gasteiger partial charge is 0.254 e. The van der Waals surface area contributed by atoms with Gasteiger partial charge in [0.15, 0.2) is 0 Å². The number of anilines is 2. The van der Waals surface area contributed by atoms with Crippen LogP contribution in [0, 0.1) is 13.8 Å². The third-order valence-electron chi connectivity index (χ3n) is 4.52. The van der Waals surface area contributed by atoms with Crippen LogP contribution in [0.25, 0.3) is 27.3 Å². The maximum absolute atomic E-state index is 4.43. The van der Waals surface area contributed by atoms with E-state index >= 15 is 0 Å². The molecule has 0 radical (unpaired) electrons. The van der Waals surface area contributed by atoms with Gasteiger partial charge in [-0.2, -0.15) is 9.50 Å². The SMILES string of the molecule is Cc1cc(Nc2ccc3cc4ccccc4cc3c2)n2nc(C)nc2n1. The first-order valence-electron chi connectivity index (χ1n) is 8.56. The van der Waals surface area contributed by atoms with E-state index in [-0.39, 0.29) is 0 Å². The lowest BCUT2D eigenvalue weighted by molar-refractivity contribution is 0.917. The van der Waals surface area contributed by atoms with Crippen LogP contribution in [0.1, 0.15) is 11.5 Å². The zero-order valence-electron chi connectivity index (χ0n) is 14.6. The van der Waals surface area contributed by atoms with Crippen LogP contribution in [0.3, 0.4) is 0 Å². The Morgan fingerprint density at radius 1 is 0.769 bits per heavy atom. The van der Waals surface area contributed by atoms with E-state index in [1.807, 2.05) is 19.9 Å². The Hall–Kier alpha value is -3.47. The summed E-state index contributed by atoms with van der Waals surface area (Å²) in [7, 11) is 0. The summed E-state index contributed by atoms with van der Waals surface area (Å²) >= 11 is 0. The summed E-state index contributed by atoms with van der Waals surface area (Å²) in [5.74, 6) is 2.17. The fraction of sp³-hybridized carbons (Fsp3) is 0.0952. The molecule has 5 aromatic rings. The summed E-state index contributed by atoms with van der Waals surface area (Å²) < 4.78 is 1.74. The number of nitrogens with zero attached hydrogens (tertiary/aromatic N) is 4. The van der Waals surface area contributed by atoms with Gasteiger partial charge < -0.3 is 5.32 Å². The molecule has 0 aliphatic heterocycles. The zero-order chi connectivity index (χ0) is 17.7. The van der Waals surface area contributed by atoms with Gasteiger partial charge in [0.25, 0.3) is 5.78 Å². The van der Waals surface area contributed by atoms with Crippen molar-refractivity contribution in [3.05, 3.63) is 72.2 Å². The van der Waals surface area contributed by atoms with Crippen molar-refractivity contribution in [2.75, 3.05) is 5.32 Å². The topological polar surface area (TPSA) is 55.1 Å².